The highest BCUT2D eigenvalue weighted by Gasteiger charge is 2.23. The number of nitrogens with two attached hydrogens (primary N) is 1. The molecule has 3 heteroatoms. The maximum absolute atomic E-state index is 10.8. The molecule has 0 unspecified atom stereocenters. The summed E-state index contributed by atoms with van der Waals surface area (Å²) in [5, 5.41) is 0. The van der Waals surface area contributed by atoms with Gasteiger partial charge in [0.1, 0.15) is 6.04 Å². The lowest BCUT2D eigenvalue weighted by molar-refractivity contribution is -0.142. The summed E-state index contributed by atoms with van der Waals surface area (Å²) in [5.41, 5.74) is 5.53. The van der Waals surface area contributed by atoms with Gasteiger partial charge in [-0.15, -0.1) is 0 Å². The van der Waals surface area contributed by atoms with E-state index in [0.29, 0.717) is 0 Å². The molecular weight excluding hydrogens is 142 g/mol. The molecule has 0 saturated heterocycles. The van der Waals surface area contributed by atoms with Gasteiger partial charge in [-0.1, -0.05) is 12.8 Å². The summed E-state index contributed by atoms with van der Waals surface area (Å²) in [6, 6.07) is -0.402. The lowest BCUT2D eigenvalue weighted by atomic mass is 10.1. The Labute approximate surface area is 66.9 Å². The van der Waals surface area contributed by atoms with Gasteiger partial charge in [0.05, 0.1) is 7.11 Å². The Morgan fingerprint density at radius 3 is 2.82 bits per heavy atom. The minimum atomic E-state index is -0.402. The Kier molecular flexibility index (Phi) is 2.88. The fourth-order valence-electron chi connectivity index (χ4n) is 1.09. The third-order valence-electron chi connectivity index (χ3n) is 2.09. The van der Waals surface area contributed by atoms with Crippen molar-refractivity contribution in [2.24, 2.45) is 11.7 Å². The van der Waals surface area contributed by atoms with Crippen LogP contribution >= 0.6 is 0 Å². The van der Waals surface area contributed by atoms with Gasteiger partial charge in [0.15, 0.2) is 0 Å². The Balaban J connectivity index is 2.08. The Bertz CT molecular complexity index is 143. The Morgan fingerprint density at radius 2 is 2.36 bits per heavy atom. The highest BCUT2D eigenvalue weighted by atomic mass is 16.5. The van der Waals surface area contributed by atoms with Crippen molar-refractivity contribution in [2.75, 3.05) is 7.11 Å². The number of esters is 1. The van der Waals surface area contributed by atoms with Gasteiger partial charge >= 0.3 is 5.97 Å². The summed E-state index contributed by atoms with van der Waals surface area (Å²) in [6.45, 7) is 0. The van der Waals surface area contributed by atoms with Crippen LogP contribution in [0.25, 0.3) is 0 Å². The van der Waals surface area contributed by atoms with E-state index in [2.05, 4.69) is 4.74 Å². The van der Waals surface area contributed by atoms with Gasteiger partial charge in [-0.2, -0.15) is 0 Å². The number of hydrogen-bond acceptors (Lipinski definition) is 3. The zero-order valence-corrected chi connectivity index (χ0v) is 6.88. The van der Waals surface area contributed by atoms with Crippen LogP contribution in [0.4, 0.5) is 0 Å². The molecule has 1 rings (SSSR count). The summed E-state index contributed by atoms with van der Waals surface area (Å²) >= 11 is 0. The van der Waals surface area contributed by atoms with Gasteiger partial charge in [0.2, 0.25) is 0 Å². The quantitative estimate of drug-likeness (QED) is 0.610. The van der Waals surface area contributed by atoms with Crippen molar-refractivity contribution in [3.63, 3.8) is 0 Å². The maximum Gasteiger partial charge on any atom is 0.322 e. The van der Waals surface area contributed by atoms with Crippen molar-refractivity contribution >= 4 is 5.97 Å². The molecule has 0 aromatic rings. The molecule has 1 aliphatic carbocycles. The molecule has 0 aromatic heterocycles. The van der Waals surface area contributed by atoms with Crippen molar-refractivity contribution in [3.05, 3.63) is 0 Å². The Hall–Kier alpha value is -0.570. The molecule has 1 saturated carbocycles. The molecule has 64 valence electrons. The van der Waals surface area contributed by atoms with E-state index in [1.165, 1.54) is 20.0 Å². The van der Waals surface area contributed by atoms with Crippen molar-refractivity contribution in [3.8, 4) is 0 Å². The normalized spacial score (nSPS) is 19.5. The molecule has 0 heterocycles. The van der Waals surface area contributed by atoms with E-state index >= 15 is 0 Å². The van der Waals surface area contributed by atoms with Crippen LogP contribution in [-0.2, 0) is 9.53 Å². The fraction of sp³-hybridized carbons (Fsp3) is 0.875. The average Bonchev–Trinajstić information content (AvgIpc) is 2.81. The highest BCUT2D eigenvalue weighted by Crippen LogP contribution is 2.33. The molecule has 0 aromatic carbocycles. The molecule has 0 radical (unpaired) electrons. The number of methoxy groups -OCH3 is 1. The van der Waals surface area contributed by atoms with Gasteiger partial charge in [-0.05, 0) is 18.8 Å². The first-order valence-corrected chi connectivity index (χ1v) is 4.07. The molecule has 2 N–H and O–H groups in total. The van der Waals surface area contributed by atoms with E-state index in [0.717, 1.165) is 18.8 Å². The van der Waals surface area contributed by atoms with Crippen LogP contribution in [-0.4, -0.2) is 19.1 Å². The van der Waals surface area contributed by atoms with Crippen LogP contribution in [0, 0.1) is 5.92 Å². The van der Waals surface area contributed by atoms with Gasteiger partial charge in [0.25, 0.3) is 0 Å². The monoisotopic (exact) mass is 157 g/mol. The Morgan fingerprint density at radius 1 is 1.73 bits per heavy atom. The molecule has 1 atom stereocenters. The molecule has 1 fully saturated rings. The molecule has 1 aliphatic rings. The van der Waals surface area contributed by atoms with E-state index < -0.39 is 6.04 Å². The molecule has 0 aliphatic heterocycles. The van der Waals surface area contributed by atoms with Gasteiger partial charge < -0.3 is 10.5 Å². The number of hydrogen-bond donors (Lipinski definition) is 1. The number of carbonyl (C=O) groups excluding carboxylic acids is 1. The first kappa shape index (κ1) is 8.53. The zero-order chi connectivity index (χ0) is 8.27. The van der Waals surface area contributed by atoms with Crippen LogP contribution in [0.3, 0.4) is 0 Å². The molecule has 0 amide bonds. The number of rotatable bonds is 4. The van der Waals surface area contributed by atoms with Gasteiger partial charge in [-0.3, -0.25) is 4.79 Å². The minimum absolute atomic E-state index is 0.286. The van der Waals surface area contributed by atoms with Crippen molar-refractivity contribution in [1.29, 1.82) is 0 Å². The topological polar surface area (TPSA) is 52.3 Å². The fourth-order valence-corrected chi connectivity index (χ4v) is 1.09. The van der Waals surface area contributed by atoms with E-state index in [1.807, 2.05) is 0 Å². The lowest BCUT2D eigenvalue weighted by Crippen LogP contribution is -2.31. The maximum atomic E-state index is 10.8. The largest absolute Gasteiger partial charge is 0.468 e. The van der Waals surface area contributed by atoms with Crippen molar-refractivity contribution in [2.45, 2.75) is 31.7 Å². The van der Waals surface area contributed by atoms with Gasteiger partial charge in [-0.25, -0.2) is 0 Å². The standard InChI is InChI=1S/C8H15NO2/c1-11-8(10)7(9)5-4-6-2-3-6/h6-7H,2-5,9H2,1H3/t7-/m0/s1. The molecule has 11 heavy (non-hydrogen) atoms. The van der Waals surface area contributed by atoms with Crippen LogP contribution in [0.1, 0.15) is 25.7 Å². The van der Waals surface area contributed by atoms with Crippen LogP contribution in [0.15, 0.2) is 0 Å². The zero-order valence-electron chi connectivity index (χ0n) is 6.88. The summed E-state index contributed by atoms with van der Waals surface area (Å²) in [5.74, 6) is 0.552. The van der Waals surface area contributed by atoms with Crippen molar-refractivity contribution in [1.82, 2.24) is 0 Å². The smallest absolute Gasteiger partial charge is 0.322 e. The number of ether oxygens (including phenoxy) is 1. The first-order chi connectivity index (χ1) is 5.24. The summed E-state index contributed by atoms with van der Waals surface area (Å²) in [6.07, 6.45) is 4.48. The second kappa shape index (κ2) is 3.72. The molecule has 0 bridgehead atoms. The van der Waals surface area contributed by atoms with Crippen LogP contribution < -0.4 is 5.73 Å². The van der Waals surface area contributed by atoms with E-state index in [4.69, 9.17) is 5.73 Å². The molecule has 3 nitrogen and oxygen atoms in total. The predicted molar refractivity (Wildman–Crippen MR) is 41.9 cm³/mol. The highest BCUT2D eigenvalue weighted by molar-refractivity contribution is 5.75. The van der Waals surface area contributed by atoms with Gasteiger partial charge in [0, 0.05) is 0 Å². The van der Waals surface area contributed by atoms with E-state index in [-0.39, 0.29) is 5.97 Å². The second-order valence-electron chi connectivity index (χ2n) is 3.15. The minimum Gasteiger partial charge on any atom is -0.468 e. The summed E-state index contributed by atoms with van der Waals surface area (Å²) in [7, 11) is 1.37. The molecular formula is C8H15NO2. The van der Waals surface area contributed by atoms with Crippen LogP contribution in [0.2, 0.25) is 0 Å². The SMILES string of the molecule is COC(=O)[C@@H](N)CCC1CC1. The third kappa shape index (κ3) is 2.89. The van der Waals surface area contributed by atoms with E-state index in [1.54, 1.807) is 0 Å². The van der Waals surface area contributed by atoms with Crippen molar-refractivity contribution < 1.29 is 9.53 Å². The predicted octanol–water partition coefficient (Wildman–Crippen LogP) is 0.677. The second-order valence-corrected chi connectivity index (χ2v) is 3.15. The average molecular weight is 157 g/mol. The third-order valence-corrected chi connectivity index (χ3v) is 2.09. The summed E-state index contributed by atoms with van der Waals surface area (Å²) in [4.78, 5) is 10.8. The van der Waals surface area contributed by atoms with Crippen LogP contribution in [0.5, 0.6) is 0 Å². The molecule has 0 spiro atoms. The van der Waals surface area contributed by atoms with E-state index in [9.17, 15) is 4.79 Å². The number of carbonyl (C=O) groups is 1. The first-order valence-electron chi connectivity index (χ1n) is 4.07. The summed E-state index contributed by atoms with van der Waals surface area (Å²) < 4.78 is 4.50. The lowest BCUT2D eigenvalue weighted by Gasteiger charge is -2.07.